The number of alkyl halides is 1. The fourth-order valence-electron chi connectivity index (χ4n) is 5.68. The van der Waals surface area contributed by atoms with Crippen LogP contribution in [0.4, 0.5) is 10.3 Å². The standard InChI is InChI=1S/C23H25ClFN7O/c1-30-10-14-16(29-30)7-6-12(19(14)24)13-9-27-21-18(13)22(33)31(2)23(28-21)32-11-4-3-5-17(32)20(25)15(26)8-11/h6-7,9-11,15,17,20,27H,3-5,8,26H2,1-2H3/t11-,15+,17+,20-/m0/s1. The SMILES string of the molecule is Cn1cc2c(Cl)c(-c3c[nH]c4nc(N5[C@H]6CCC[C@@H]5[C@@H](F)[C@H](N)C6)n(C)c(=O)c34)ccc2n1. The predicted octanol–water partition coefficient (Wildman–Crippen LogP) is 3.27. The molecule has 33 heavy (non-hydrogen) atoms. The van der Waals surface area contributed by atoms with Crippen molar-refractivity contribution >= 4 is 39.5 Å². The molecular weight excluding hydrogens is 445 g/mol. The van der Waals surface area contributed by atoms with E-state index >= 15 is 4.39 Å². The highest BCUT2D eigenvalue weighted by atomic mass is 35.5. The summed E-state index contributed by atoms with van der Waals surface area (Å²) in [5, 5.41) is 6.21. The third kappa shape index (κ3) is 2.95. The molecule has 2 aliphatic rings. The average molecular weight is 470 g/mol. The van der Waals surface area contributed by atoms with E-state index in [0.717, 1.165) is 29.3 Å². The Morgan fingerprint density at radius 2 is 2.06 bits per heavy atom. The van der Waals surface area contributed by atoms with E-state index in [0.29, 0.717) is 40.4 Å². The van der Waals surface area contributed by atoms with Gasteiger partial charge in [0.2, 0.25) is 5.95 Å². The summed E-state index contributed by atoms with van der Waals surface area (Å²) in [6.45, 7) is 0. The first-order valence-electron chi connectivity index (χ1n) is 11.2. The quantitative estimate of drug-likeness (QED) is 0.469. The summed E-state index contributed by atoms with van der Waals surface area (Å²) in [6.07, 6.45) is 5.62. The molecule has 2 saturated heterocycles. The van der Waals surface area contributed by atoms with Gasteiger partial charge in [-0.3, -0.25) is 14.0 Å². The normalized spacial score (nSPS) is 25.3. The Balaban J connectivity index is 1.51. The van der Waals surface area contributed by atoms with Gasteiger partial charge in [0.25, 0.3) is 5.56 Å². The molecule has 4 atom stereocenters. The average Bonchev–Trinajstić information content (AvgIpc) is 3.38. The minimum atomic E-state index is -1.14. The maximum Gasteiger partial charge on any atom is 0.264 e. The Morgan fingerprint density at radius 1 is 1.24 bits per heavy atom. The van der Waals surface area contributed by atoms with Crippen molar-refractivity contribution in [2.45, 2.75) is 50.0 Å². The number of aromatic nitrogens is 5. The topological polar surface area (TPSA) is 97.8 Å². The van der Waals surface area contributed by atoms with Gasteiger partial charge in [-0.25, -0.2) is 4.39 Å². The number of fused-ring (bicyclic) bond motifs is 4. The van der Waals surface area contributed by atoms with E-state index in [2.05, 4.69) is 10.1 Å². The molecule has 0 radical (unpaired) electrons. The van der Waals surface area contributed by atoms with Crippen molar-refractivity contribution in [1.82, 2.24) is 24.3 Å². The minimum absolute atomic E-state index is 0.0816. The number of rotatable bonds is 2. The number of halogens is 2. The van der Waals surface area contributed by atoms with Crippen LogP contribution in [-0.4, -0.2) is 48.6 Å². The van der Waals surface area contributed by atoms with E-state index in [1.54, 1.807) is 17.9 Å². The highest BCUT2D eigenvalue weighted by Gasteiger charge is 2.45. The number of hydrogen-bond donors (Lipinski definition) is 2. The van der Waals surface area contributed by atoms with Gasteiger partial charge in [0.05, 0.1) is 22.0 Å². The molecule has 0 amide bonds. The van der Waals surface area contributed by atoms with E-state index in [1.807, 2.05) is 30.3 Å². The maximum absolute atomic E-state index is 15.0. The largest absolute Gasteiger partial charge is 0.345 e. The number of hydrogen-bond acceptors (Lipinski definition) is 5. The molecule has 0 aliphatic carbocycles. The summed E-state index contributed by atoms with van der Waals surface area (Å²) in [5.41, 5.74) is 8.55. The number of H-pyrrole nitrogens is 1. The van der Waals surface area contributed by atoms with E-state index in [4.69, 9.17) is 22.3 Å². The third-order valence-electron chi connectivity index (χ3n) is 7.26. The Labute approximate surface area is 194 Å². The molecule has 1 aromatic carbocycles. The lowest BCUT2D eigenvalue weighted by Crippen LogP contribution is -2.63. The van der Waals surface area contributed by atoms with Crippen molar-refractivity contribution in [2.75, 3.05) is 4.90 Å². The monoisotopic (exact) mass is 469 g/mol. The molecule has 0 unspecified atom stereocenters. The number of nitrogens with two attached hydrogens (primary N) is 1. The molecule has 0 spiro atoms. The number of benzene rings is 1. The first-order chi connectivity index (χ1) is 15.8. The van der Waals surface area contributed by atoms with Crippen LogP contribution in [0.25, 0.3) is 33.1 Å². The van der Waals surface area contributed by atoms with E-state index in [-0.39, 0.29) is 17.6 Å². The van der Waals surface area contributed by atoms with Crippen molar-refractivity contribution in [3.63, 3.8) is 0 Å². The van der Waals surface area contributed by atoms with Crippen LogP contribution in [0.1, 0.15) is 25.7 Å². The van der Waals surface area contributed by atoms with Crippen LogP contribution in [0, 0.1) is 0 Å². The summed E-state index contributed by atoms with van der Waals surface area (Å²) in [5.74, 6) is 0.485. The fraction of sp³-hybridized carbons (Fsp3) is 0.435. The molecule has 2 bridgehead atoms. The second kappa shape index (κ2) is 7.30. The van der Waals surface area contributed by atoms with E-state index in [9.17, 15) is 4.79 Å². The number of aryl methyl sites for hydroxylation is 1. The highest BCUT2D eigenvalue weighted by Crippen LogP contribution is 2.39. The van der Waals surface area contributed by atoms with Gasteiger partial charge in [0.15, 0.2) is 0 Å². The minimum Gasteiger partial charge on any atom is -0.345 e. The van der Waals surface area contributed by atoms with Crippen LogP contribution in [0.3, 0.4) is 0 Å². The van der Waals surface area contributed by atoms with Gasteiger partial charge in [0.1, 0.15) is 11.8 Å². The van der Waals surface area contributed by atoms with Crippen LogP contribution in [0.15, 0.2) is 29.3 Å². The second-order valence-electron chi connectivity index (χ2n) is 9.27. The third-order valence-corrected chi connectivity index (χ3v) is 7.66. The summed E-state index contributed by atoms with van der Waals surface area (Å²) >= 11 is 6.73. The van der Waals surface area contributed by atoms with Gasteiger partial charge in [0, 0.05) is 55.1 Å². The van der Waals surface area contributed by atoms with Crippen LogP contribution < -0.4 is 16.2 Å². The van der Waals surface area contributed by atoms with Gasteiger partial charge >= 0.3 is 0 Å². The molecule has 6 rings (SSSR count). The van der Waals surface area contributed by atoms with E-state index < -0.39 is 12.2 Å². The van der Waals surface area contributed by atoms with Gasteiger partial charge < -0.3 is 15.6 Å². The summed E-state index contributed by atoms with van der Waals surface area (Å²) in [6, 6.07) is 3.01. The molecule has 2 fully saturated rings. The summed E-state index contributed by atoms with van der Waals surface area (Å²) < 4.78 is 18.3. The molecule has 3 N–H and O–H groups in total. The van der Waals surface area contributed by atoms with Crippen LogP contribution in [-0.2, 0) is 14.1 Å². The van der Waals surface area contributed by atoms with Crippen LogP contribution >= 0.6 is 11.6 Å². The molecule has 2 aliphatic heterocycles. The first-order valence-corrected chi connectivity index (χ1v) is 11.6. The van der Waals surface area contributed by atoms with Gasteiger partial charge in [-0.2, -0.15) is 10.1 Å². The Hall–Kier alpha value is -2.91. The summed E-state index contributed by atoms with van der Waals surface area (Å²) in [4.78, 5) is 23.5. The van der Waals surface area contributed by atoms with Gasteiger partial charge in [-0.05, 0) is 31.7 Å². The zero-order valence-corrected chi connectivity index (χ0v) is 19.2. The first kappa shape index (κ1) is 20.7. The predicted molar refractivity (Wildman–Crippen MR) is 127 cm³/mol. The zero-order valence-electron chi connectivity index (χ0n) is 18.4. The lowest BCUT2D eigenvalue weighted by Gasteiger charge is -2.50. The van der Waals surface area contributed by atoms with Crippen LogP contribution in [0.2, 0.25) is 5.02 Å². The number of nitrogens with zero attached hydrogens (tertiary/aromatic N) is 5. The molecule has 8 nitrogen and oxygen atoms in total. The fourth-order valence-corrected chi connectivity index (χ4v) is 5.99. The maximum atomic E-state index is 15.0. The van der Waals surface area contributed by atoms with Crippen molar-refractivity contribution in [2.24, 2.45) is 19.8 Å². The van der Waals surface area contributed by atoms with Crippen molar-refractivity contribution < 1.29 is 4.39 Å². The smallest absolute Gasteiger partial charge is 0.264 e. The van der Waals surface area contributed by atoms with Crippen LogP contribution in [0.5, 0.6) is 0 Å². The number of piperidine rings is 2. The molecular formula is C23H25ClFN7O. The van der Waals surface area contributed by atoms with E-state index in [1.165, 1.54) is 4.57 Å². The Kier molecular flexibility index (Phi) is 4.57. The van der Waals surface area contributed by atoms with Gasteiger partial charge in [-0.1, -0.05) is 17.7 Å². The molecule has 5 heterocycles. The molecule has 172 valence electrons. The molecule has 0 saturated carbocycles. The Morgan fingerprint density at radius 3 is 2.88 bits per heavy atom. The summed E-state index contributed by atoms with van der Waals surface area (Å²) in [7, 11) is 3.54. The van der Waals surface area contributed by atoms with Gasteiger partial charge in [-0.15, -0.1) is 0 Å². The van der Waals surface area contributed by atoms with Crippen molar-refractivity contribution in [1.29, 1.82) is 0 Å². The highest BCUT2D eigenvalue weighted by molar-refractivity contribution is 6.38. The number of anilines is 1. The number of nitrogens with one attached hydrogen (secondary N) is 1. The van der Waals surface area contributed by atoms with Crippen molar-refractivity contribution in [3.8, 4) is 11.1 Å². The molecule has 10 heteroatoms. The number of aromatic amines is 1. The molecule has 4 aromatic rings. The lowest BCUT2D eigenvalue weighted by molar-refractivity contribution is 0.138. The van der Waals surface area contributed by atoms with Crippen molar-refractivity contribution in [3.05, 3.63) is 39.9 Å². The lowest BCUT2D eigenvalue weighted by atomic mass is 9.81. The molecule has 3 aromatic heterocycles. The zero-order chi connectivity index (χ0) is 23.0. The Bertz CT molecular complexity index is 1460. The second-order valence-corrected chi connectivity index (χ2v) is 9.65.